The molecule has 1 aromatic heterocycles. The summed E-state index contributed by atoms with van der Waals surface area (Å²) in [7, 11) is 0. The van der Waals surface area contributed by atoms with Gasteiger partial charge in [0.1, 0.15) is 12.1 Å². The van der Waals surface area contributed by atoms with Crippen LogP contribution in [0.15, 0.2) is 57.4 Å². The Morgan fingerprint density at radius 1 is 1.11 bits per heavy atom. The summed E-state index contributed by atoms with van der Waals surface area (Å²) in [5.74, 6) is 0.260. The zero-order valence-electron chi connectivity index (χ0n) is 14.7. The number of benzene rings is 2. The second-order valence-corrected chi connectivity index (χ2v) is 7.72. The highest BCUT2D eigenvalue weighted by Gasteiger charge is 2.55. The van der Waals surface area contributed by atoms with Crippen molar-refractivity contribution < 1.29 is 14.0 Å². The predicted octanol–water partition coefficient (Wildman–Crippen LogP) is 3.39. The lowest BCUT2D eigenvalue weighted by atomic mass is 9.92. The number of aromatic nitrogens is 2. The SMILES string of the molecule is O=C1N[C@@]2(CCc3ccccc32)C(=O)N1Cc1nnc(-c2ccccc2Br)o1. The maximum Gasteiger partial charge on any atom is 0.325 e. The zero-order chi connectivity index (χ0) is 19.3. The van der Waals surface area contributed by atoms with E-state index in [9.17, 15) is 9.59 Å². The van der Waals surface area contributed by atoms with Crippen LogP contribution in [0.4, 0.5) is 4.79 Å². The van der Waals surface area contributed by atoms with Crippen LogP contribution in [0.5, 0.6) is 0 Å². The van der Waals surface area contributed by atoms with E-state index >= 15 is 0 Å². The fourth-order valence-electron chi connectivity index (χ4n) is 3.93. The van der Waals surface area contributed by atoms with E-state index in [1.165, 1.54) is 0 Å². The Bertz CT molecular complexity index is 1110. The molecule has 3 amide bonds. The number of nitrogens with one attached hydrogen (secondary N) is 1. The quantitative estimate of drug-likeness (QED) is 0.633. The number of nitrogens with zero attached hydrogens (tertiary/aromatic N) is 3. The molecule has 7 nitrogen and oxygen atoms in total. The maximum atomic E-state index is 13.2. The number of imide groups is 1. The van der Waals surface area contributed by atoms with Gasteiger partial charge in [0.2, 0.25) is 11.8 Å². The van der Waals surface area contributed by atoms with Gasteiger partial charge >= 0.3 is 6.03 Å². The number of amides is 3. The van der Waals surface area contributed by atoms with Crippen LogP contribution in [-0.4, -0.2) is 27.0 Å². The van der Waals surface area contributed by atoms with Crippen LogP contribution < -0.4 is 5.32 Å². The first-order valence-corrected chi connectivity index (χ1v) is 9.67. The minimum absolute atomic E-state index is 0.0635. The molecule has 28 heavy (non-hydrogen) atoms. The van der Waals surface area contributed by atoms with Crippen molar-refractivity contribution in [1.29, 1.82) is 0 Å². The molecule has 1 atom stereocenters. The molecule has 3 aromatic rings. The molecule has 1 aliphatic heterocycles. The number of halogens is 1. The van der Waals surface area contributed by atoms with Crippen molar-refractivity contribution in [3.63, 3.8) is 0 Å². The molecule has 5 rings (SSSR count). The molecular formula is C20H15BrN4O3. The third kappa shape index (κ3) is 2.48. The lowest BCUT2D eigenvalue weighted by molar-refractivity contribution is -0.132. The van der Waals surface area contributed by atoms with Gasteiger partial charge < -0.3 is 9.73 Å². The van der Waals surface area contributed by atoms with Crippen molar-refractivity contribution >= 4 is 27.9 Å². The van der Waals surface area contributed by atoms with E-state index in [0.717, 1.165) is 32.5 Å². The van der Waals surface area contributed by atoms with E-state index in [2.05, 4.69) is 31.4 Å². The average molecular weight is 439 g/mol. The standard InChI is InChI=1S/C20H15BrN4O3/c21-15-8-4-2-6-13(15)17-24-23-16(28-17)11-25-18(26)20(22-19(25)27)10-9-12-5-1-3-7-14(12)20/h1-8H,9-11H2,(H,22,27)/t20-/m1/s1. The Morgan fingerprint density at radius 3 is 2.75 bits per heavy atom. The summed E-state index contributed by atoms with van der Waals surface area (Å²) in [4.78, 5) is 26.9. The van der Waals surface area contributed by atoms with Gasteiger partial charge in [-0.05, 0) is 52.0 Å². The van der Waals surface area contributed by atoms with Crippen molar-refractivity contribution in [2.75, 3.05) is 0 Å². The molecular weight excluding hydrogens is 424 g/mol. The highest BCUT2D eigenvalue weighted by molar-refractivity contribution is 9.10. The van der Waals surface area contributed by atoms with E-state index in [1.807, 2.05) is 48.5 Å². The molecule has 8 heteroatoms. The first kappa shape index (κ1) is 17.1. The Hall–Kier alpha value is -3.00. The van der Waals surface area contributed by atoms with Gasteiger partial charge in [0.15, 0.2) is 0 Å². The predicted molar refractivity (Wildman–Crippen MR) is 103 cm³/mol. The number of urea groups is 1. The van der Waals surface area contributed by atoms with E-state index in [-0.39, 0.29) is 18.3 Å². The molecule has 1 aliphatic carbocycles. The van der Waals surface area contributed by atoms with Gasteiger partial charge in [-0.15, -0.1) is 10.2 Å². The summed E-state index contributed by atoms with van der Waals surface area (Å²) in [6, 6.07) is 14.8. The topological polar surface area (TPSA) is 88.3 Å². The van der Waals surface area contributed by atoms with Crippen LogP contribution in [-0.2, 0) is 23.3 Å². The average Bonchev–Trinajstić information content (AvgIpc) is 3.37. The lowest BCUT2D eigenvalue weighted by Crippen LogP contribution is -2.41. The monoisotopic (exact) mass is 438 g/mol. The fourth-order valence-corrected chi connectivity index (χ4v) is 4.38. The van der Waals surface area contributed by atoms with Gasteiger partial charge in [0.25, 0.3) is 5.91 Å². The van der Waals surface area contributed by atoms with Crippen LogP contribution >= 0.6 is 15.9 Å². The van der Waals surface area contributed by atoms with Crippen molar-refractivity contribution in [3.8, 4) is 11.5 Å². The van der Waals surface area contributed by atoms with Crippen LogP contribution in [0, 0.1) is 0 Å². The molecule has 1 N–H and O–H groups in total. The summed E-state index contributed by atoms with van der Waals surface area (Å²) in [6.07, 6.45) is 1.31. The van der Waals surface area contributed by atoms with Gasteiger partial charge in [0, 0.05) is 4.47 Å². The summed E-state index contributed by atoms with van der Waals surface area (Å²) in [5.41, 5.74) is 1.72. The number of rotatable bonds is 3. The summed E-state index contributed by atoms with van der Waals surface area (Å²) in [6.45, 7) is -0.0635. The third-order valence-corrected chi connectivity index (χ3v) is 5.98. The largest absolute Gasteiger partial charge is 0.419 e. The molecule has 1 saturated heterocycles. The number of carbonyl (C=O) groups excluding carboxylic acids is 2. The summed E-state index contributed by atoms with van der Waals surface area (Å²) >= 11 is 3.45. The second-order valence-electron chi connectivity index (χ2n) is 6.86. The molecule has 2 aliphatic rings. The lowest BCUT2D eigenvalue weighted by Gasteiger charge is -2.21. The summed E-state index contributed by atoms with van der Waals surface area (Å²) in [5, 5.41) is 11.0. The highest BCUT2D eigenvalue weighted by Crippen LogP contribution is 2.41. The Kier molecular flexibility index (Phi) is 3.83. The molecule has 0 radical (unpaired) electrons. The first-order valence-electron chi connectivity index (χ1n) is 8.88. The van der Waals surface area contributed by atoms with Crippen LogP contribution in [0.3, 0.4) is 0 Å². The fraction of sp³-hybridized carbons (Fsp3) is 0.200. The number of hydrogen-bond acceptors (Lipinski definition) is 5. The molecule has 1 spiro atoms. The Balaban J connectivity index is 1.42. The smallest absolute Gasteiger partial charge is 0.325 e. The zero-order valence-corrected chi connectivity index (χ0v) is 16.3. The Morgan fingerprint density at radius 2 is 1.89 bits per heavy atom. The van der Waals surface area contributed by atoms with E-state index in [4.69, 9.17) is 4.42 Å². The number of hydrogen-bond donors (Lipinski definition) is 1. The van der Waals surface area contributed by atoms with Crippen LogP contribution in [0.1, 0.15) is 23.4 Å². The summed E-state index contributed by atoms with van der Waals surface area (Å²) < 4.78 is 6.52. The highest BCUT2D eigenvalue weighted by atomic mass is 79.9. The normalized spacial score (nSPS) is 20.7. The van der Waals surface area contributed by atoms with Crippen molar-refractivity contribution in [2.45, 2.75) is 24.9 Å². The molecule has 2 aromatic carbocycles. The Labute approximate surface area is 168 Å². The van der Waals surface area contributed by atoms with E-state index < -0.39 is 11.6 Å². The van der Waals surface area contributed by atoms with Gasteiger partial charge in [-0.2, -0.15) is 0 Å². The van der Waals surface area contributed by atoms with Crippen molar-refractivity contribution in [2.24, 2.45) is 0 Å². The van der Waals surface area contributed by atoms with Gasteiger partial charge in [-0.1, -0.05) is 36.4 Å². The molecule has 1 fully saturated rings. The minimum Gasteiger partial charge on any atom is -0.419 e. The van der Waals surface area contributed by atoms with Crippen LogP contribution in [0.25, 0.3) is 11.5 Å². The van der Waals surface area contributed by atoms with Crippen molar-refractivity contribution in [1.82, 2.24) is 20.4 Å². The number of fused-ring (bicyclic) bond motifs is 2. The third-order valence-electron chi connectivity index (χ3n) is 5.29. The molecule has 2 heterocycles. The molecule has 0 saturated carbocycles. The van der Waals surface area contributed by atoms with Gasteiger partial charge in [-0.3, -0.25) is 9.69 Å². The number of carbonyl (C=O) groups is 2. The molecule has 0 bridgehead atoms. The van der Waals surface area contributed by atoms with Crippen molar-refractivity contribution in [3.05, 3.63) is 70.0 Å². The second kappa shape index (κ2) is 6.27. The van der Waals surface area contributed by atoms with Gasteiger partial charge in [0.05, 0.1) is 5.56 Å². The minimum atomic E-state index is -0.987. The van der Waals surface area contributed by atoms with Gasteiger partial charge in [-0.25, -0.2) is 4.79 Å². The maximum absolute atomic E-state index is 13.2. The van der Waals surface area contributed by atoms with Crippen LogP contribution in [0.2, 0.25) is 0 Å². The first-order chi connectivity index (χ1) is 13.6. The van der Waals surface area contributed by atoms with E-state index in [0.29, 0.717) is 12.3 Å². The van der Waals surface area contributed by atoms with E-state index in [1.54, 1.807) is 0 Å². The number of aryl methyl sites for hydroxylation is 1. The molecule has 140 valence electrons. The molecule has 0 unspecified atom stereocenters.